The SMILES string of the molecule is O=C(/C=C/C(=O)O/N=C(/CN1CCC(CN2Cc3ccccc3C2=O)CC1)c1ccc(F)cc1)O/N=C(/CN1CCC(CN2Cc3ccccc3C2=O)CC1)c1ccc(F)cc1. The number of rotatable bonds is 14. The predicted octanol–water partition coefficient (Wildman–Crippen LogP) is 6.45. The standard InChI is InChI=1S/C48H48F2N6O6/c49-39-13-9-35(10-14-39)43(31-53-23-19-33(20-24-53)27-55-29-37-5-1-3-7-41(37)47(55)59)51-61-45(57)17-18-46(58)62-52-44(36-11-15-40(50)16-12-36)32-54-25-21-34(22-26-54)28-56-30-38-6-2-4-8-42(38)48(56)60/h1-18,33-34H,19-32H2/b18-17+,51-43-,52-44-. The topological polar surface area (TPSA) is 124 Å². The summed E-state index contributed by atoms with van der Waals surface area (Å²) in [4.78, 5) is 70.0. The van der Waals surface area contributed by atoms with E-state index in [1.807, 2.05) is 58.3 Å². The van der Waals surface area contributed by atoms with Gasteiger partial charge >= 0.3 is 11.9 Å². The fourth-order valence-electron chi connectivity index (χ4n) is 8.65. The fraction of sp³-hybridized carbons (Fsp3) is 0.333. The first-order chi connectivity index (χ1) is 30.1. The van der Waals surface area contributed by atoms with Crippen molar-refractivity contribution in [3.63, 3.8) is 0 Å². The van der Waals surface area contributed by atoms with Gasteiger partial charge in [0.1, 0.15) is 23.1 Å². The molecule has 0 bridgehead atoms. The molecule has 2 fully saturated rings. The number of fused-ring (bicyclic) bond motifs is 2. The van der Waals surface area contributed by atoms with E-state index >= 15 is 0 Å². The van der Waals surface area contributed by atoms with Crippen LogP contribution in [0.2, 0.25) is 0 Å². The van der Waals surface area contributed by atoms with Gasteiger partial charge < -0.3 is 19.5 Å². The molecule has 0 aromatic heterocycles. The maximum Gasteiger partial charge on any atom is 0.358 e. The van der Waals surface area contributed by atoms with Crippen molar-refractivity contribution in [3.8, 4) is 0 Å². The lowest BCUT2D eigenvalue weighted by Gasteiger charge is -2.34. The summed E-state index contributed by atoms with van der Waals surface area (Å²) >= 11 is 0. The monoisotopic (exact) mass is 842 g/mol. The zero-order chi connectivity index (χ0) is 43.0. The van der Waals surface area contributed by atoms with Crippen LogP contribution >= 0.6 is 0 Å². The van der Waals surface area contributed by atoms with Gasteiger partial charge in [-0.1, -0.05) is 71.0 Å². The number of hydrogen-bond donors (Lipinski definition) is 0. The Hall–Kier alpha value is -6.38. The average molecular weight is 843 g/mol. The van der Waals surface area contributed by atoms with Crippen LogP contribution in [0.15, 0.2) is 120 Å². The highest BCUT2D eigenvalue weighted by molar-refractivity contribution is 6.03. The number of likely N-dealkylation sites (tertiary alicyclic amines) is 2. The summed E-state index contributed by atoms with van der Waals surface area (Å²) in [5.74, 6) is -1.87. The van der Waals surface area contributed by atoms with Crippen LogP contribution in [0.4, 0.5) is 8.78 Å². The van der Waals surface area contributed by atoms with Crippen molar-refractivity contribution in [2.45, 2.75) is 38.8 Å². The Morgan fingerprint density at radius 2 is 0.935 bits per heavy atom. The Bertz CT molecular complexity index is 2200. The first-order valence-electron chi connectivity index (χ1n) is 21.1. The van der Waals surface area contributed by atoms with E-state index in [4.69, 9.17) is 9.68 Å². The molecule has 8 rings (SSSR count). The minimum atomic E-state index is -0.929. The van der Waals surface area contributed by atoms with Crippen molar-refractivity contribution >= 4 is 35.2 Å². The fourth-order valence-corrected chi connectivity index (χ4v) is 8.65. The van der Waals surface area contributed by atoms with Gasteiger partial charge in [0, 0.05) is 73.7 Å². The number of benzene rings is 4. The van der Waals surface area contributed by atoms with Crippen LogP contribution in [0.5, 0.6) is 0 Å². The summed E-state index contributed by atoms with van der Waals surface area (Å²) in [7, 11) is 0. The molecule has 0 unspecified atom stereocenters. The van der Waals surface area contributed by atoms with Crippen molar-refractivity contribution in [1.29, 1.82) is 0 Å². The van der Waals surface area contributed by atoms with Gasteiger partial charge in [-0.25, -0.2) is 18.4 Å². The maximum absolute atomic E-state index is 13.8. The smallest absolute Gasteiger partial charge is 0.334 e. The van der Waals surface area contributed by atoms with Gasteiger partial charge in [-0.3, -0.25) is 19.4 Å². The second kappa shape index (κ2) is 19.6. The van der Waals surface area contributed by atoms with Crippen LogP contribution in [-0.2, 0) is 32.4 Å². The third kappa shape index (κ3) is 10.6. The van der Waals surface area contributed by atoms with Gasteiger partial charge in [0.15, 0.2) is 0 Å². The number of amides is 2. The molecule has 0 radical (unpaired) electrons. The second-order valence-corrected chi connectivity index (χ2v) is 16.4. The quantitative estimate of drug-likeness (QED) is 0.0615. The van der Waals surface area contributed by atoms with Gasteiger partial charge in [-0.05, 0) is 111 Å². The molecular weight excluding hydrogens is 795 g/mol. The van der Waals surface area contributed by atoms with E-state index in [9.17, 15) is 28.0 Å². The van der Waals surface area contributed by atoms with Crippen LogP contribution in [0.25, 0.3) is 0 Å². The number of nitrogens with zero attached hydrogens (tertiary/aromatic N) is 6. The van der Waals surface area contributed by atoms with E-state index in [1.54, 1.807) is 24.3 Å². The van der Waals surface area contributed by atoms with Crippen molar-refractivity contribution in [1.82, 2.24) is 19.6 Å². The summed E-state index contributed by atoms with van der Waals surface area (Å²) in [6.45, 7) is 6.20. The Kier molecular flexibility index (Phi) is 13.3. The van der Waals surface area contributed by atoms with E-state index in [1.165, 1.54) is 24.3 Å². The molecule has 4 aromatic rings. The first-order valence-corrected chi connectivity index (χ1v) is 21.1. The minimum absolute atomic E-state index is 0.0730. The second-order valence-electron chi connectivity index (χ2n) is 16.4. The van der Waals surface area contributed by atoms with E-state index < -0.39 is 23.6 Å². The van der Waals surface area contributed by atoms with Crippen LogP contribution < -0.4 is 0 Å². The number of hydrogen-bond acceptors (Lipinski definition) is 10. The molecule has 0 atom stereocenters. The number of oxime groups is 2. The molecule has 4 heterocycles. The summed E-state index contributed by atoms with van der Waals surface area (Å²) in [5, 5.41) is 8.25. The number of piperidine rings is 2. The molecule has 320 valence electrons. The van der Waals surface area contributed by atoms with Gasteiger partial charge in [0.05, 0.1) is 0 Å². The Balaban J connectivity index is 0.834. The van der Waals surface area contributed by atoms with Gasteiger partial charge in [-0.15, -0.1) is 0 Å². The van der Waals surface area contributed by atoms with Gasteiger partial charge in [0.2, 0.25) is 0 Å². The third-order valence-corrected chi connectivity index (χ3v) is 12.1. The average Bonchev–Trinajstić information content (AvgIpc) is 3.78. The van der Waals surface area contributed by atoms with Gasteiger partial charge in [-0.2, -0.15) is 0 Å². The van der Waals surface area contributed by atoms with Crippen LogP contribution in [0.3, 0.4) is 0 Å². The van der Waals surface area contributed by atoms with E-state index in [0.717, 1.165) is 86.3 Å². The summed E-state index contributed by atoms with van der Waals surface area (Å²) in [5.41, 5.74) is 5.62. The predicted molar refractivity (Wildman–Crippen MR) is 228 cm³/mol. The molecule has 12 nitrogen and oxygen atoms in total. The molecule has 2 amide bonds. The van der Waals surface area contributed by atoms with E-state index in [-0.39, 0.29) is 11.8 Å². The summed E-state index contributed by atoms with van der Waals surface area (Å²) in [6, 6.07) is 26.9. The molecule has 14 heteroatoms. The number of carbonyl (C=O) groups is 4. The summed E-state index contributed by atoms with van der Waals surface area (Å²) in [6.07, 6.45) is 5.23. The number of carbonyl (C=O) groups excluding carboxylic acids is 4. The molecule has 2 saturated heterocycles. The summed E-state index contributed by atoms with van der Waals surface area (Å²) < 4.78 is 27.7. The molecule has 4 aromatic carbocycles. The highest BCUT2D eigenvalue weighted by atomic mass is 19.1. The zero-order valence-electron chi connectivity index (χ0n) is 34.3. The van der Waals surface area contributed by atoms with Crippen LogP contribution in [-0.4, -0.2) is 107 Å². The van der Waals surface area contributed by atoms with Crippen molar-refractivity contribution < 1.29 is 37.6 Å². The first kappa shape index (κ1) is 42.3. The highest BCUT2D eigenvalue weighted by Crippen LogP contribution is 2.28. The molecular formula is C48H48F2N6O6. The Morgan fingerprint density at radius 1 is 0.565 bits per heavy atom. The van der Waals surface area contributed by atoms with Crippen LogP contribution in [0, 0.1) is 23.5 Å². The van der Waals surface area contributed by atoms with E-state index in [2.05, 4.69) is 20.1 Å². The maximum atomic E-state index is 13.8. The number of halogens is 2. The molecule has 0 aliphatic carbocycles. The molecule has 4 aliphatic heterocycles. The van der Waals surface area contributed by atoms with Crippen molar-refractivity contribution in [2.75, 3.05) is 52.4 Å². The van der Waals surface area contributed by atoms with Crippen molar-refractivity contribution in [2.24, 2.45) is 22.1 Å². The third-order valence-electron chi connectivity index (χ3n) is 12.1. The lowest BCUT2D eigenvalue weighted by atomic mass is 9.95. The normalized spacial score (nSPS) is 18.1. The molecule has 0 N–H and O–H groups in total. The molecule has 4 aliphatic rings. The largest absolute Gasteiger partial charge is 0.358 e. The Morgan fingerprint density at radius 3 is 1.31 bits per heavy atom. The lowest BCUT2D eigenvalue weighted by molar-refractivity contribution is -0.140. The molecule has 0 spiro atoms. The zero-order valence-corrected chi connectivity index (χ0v) is 34.3. The highest BCUT2D eigenvalue weighted by Gasteiger charge is 2.32. The van der Waals surface area contributed by atoms with E-state index in [0.29, 0.717) is 73.7 Å². The van der Waals surface area contributed by atoms with Crippen molar-refractivity contribution in [3.05, 3.63) is 154 Å². The molecule has 0 saturated carbocycles. The van der Waals surface area contributed by atoms with Crippen LogP contribution in [0.1, 0.15) is 68.7 Å². The Labute approximate surface area is 359 Å². The lowest BCUT2D eigenvalue weighted by Crippen LogP contribution is -2.41. The molecule has 62 heavy (non-hydrogen) atoms. The van der Waals surface area contributed by atoms with Gasteiger partial charge in [0.25, 0.3) is 11.8 Å². The minimum Gasteiger partial charge on any atom is -0.334 e.